The summed E-state index contributed by atoms with van der Waals surface area (Å²) < 4.78 is 22.0. The van der Waals surface area contributed by atoms with Crippen molar-refractivity contribution in [3.8, 4) is 11.3 Å². The fraction of sp³-hybridized carbons (Fsp3) is 0.389. The second kappa shape index (κ2) is 7.67. The van der Waals surface area contributed by atoms with E-state index in [-0.39, 0.29) is 5.91 Å². The fourth-order valence-corrected chi connectivity index (χ4v) is 3.46. The van der Waals surface area contributed by atoms with Crippen molar-refractivity contribution in [3.05, 3.63) is 33.6 Å². The highest BCUT2D eigenvalue weighted by Gasteiger charge is 2.24. The van der Waals surface area contributed by atoms with Crippen molar-refractivity contribution in [2.45, 2.75) is 32.6 Å². The molecule has 1 aliphatic heterocycles. The third-order valence-electron chi connectivity index (χ3n) is 4.07. The first-order valence-corrected chi connectivity index (χ1v) is 9.33. The molecule has 0 radical (unpaired) electrons. The number of alkyl halides is 2. The minimum atomic E-state index is -2.50. The molecule has 0 unspecified atom stereocenters. The lowest BCUT2D eigenvalue weighted by Gasteiger charge is -2.06. The summed E-state index contributed by atoms with van der Waals surface area (Å²) in [4.78, 5) is 16.8. The normalized spacial score (nSPS) is 14.2. The number of aryl methyl sites for hydroxylation is 1. The van der Waals surface area contributed by atoms with E-state index < -0.39 is 5.92 Å². The van der Waals surface area contributed by atoms with E-state index in [1.54, 1.807) is 19.3 Å². The topological polar surface area (TPSA) is 75.6 Å². The minimum Gasteiger partial charge on any atom is -0.357 e. The maximum Gasteiger partial charge on any atom is 0.242 e. The van der Waals surface area contributed by atoms with Gasteiger partial charge in [0.05, 0.1) is 28.2 Å². The summed E-state index contributed by atoms with van der Waals surface area (Å²) in [6.07, 6.45) is 2.71. The first-order chi connectivity index (χ1) is 13.0. The van der Waals surface area contributed by atoms with Gasteiger partial charge in [-0.1, -0.05) is 23.2 Å². The second-order valence-corrected chi connectivity index (χ2v) is 7.66. The summed E-state index contributed by atoms with van der Waals surface area (Å²) in [6, 6.07) is 1.78. The Labute approximate surface area is 170 Å². The zero-order valence-corrected chi connectivity index (χ0v) is 17.0. The molecule has 6 nitrogen and oxygen atoms in total. The molecule has 0 aliphatic carbocycles. The monoisotopic (exact) mass is 429 g/mol. The van der Waals surface area contributed by atoms with Gasteiger partial charge >= 0.3 is 0 Å². The molecule has 4 rings (SSSR count). The van der Waals surface area contributed by atoms with Gasteiger partial charge < -0.3 is 10.3 Å². The Morgan fingerprint density at radius 1 is 1.29 bits per heavy atom. The molecule has 0 bridgehead atoms. The molecule has 0 fully saturated rings. The number of fused-ring (bicyclic) bond motifs is 3. The Bertz CT molecular complexity index is 1030. The Hall–Kier alpha value is -2.19. The van der Waals surface area contributed by atoms with Crippen LogP contribution >= 0.6 is 23.2 Å². The second-order valence-electron chi connectivity index (χ2n) is 6.88. The van der Waals surface area contributed by atoms with Gasteiger partial charge in [-0.2, -0.15) is 15.0 Å². The molecule has 3 aromatic rings. The minimum absolute atomic E-state index is 0.000758. The van der Waals surface area contributed by atoms with E-state index in [4.69, 9.17) is 23.2 Å². The van der Waals surface area contributed by atoms with Crippen LogP contribution in [-0.4, -0.2) is 38.4 Å². The third kappa shape index (κ3) is 4.44. The van der Waals surface area contributed by atoms with Gasteiger partial charge in [-0.3, -0.25) is 4.79 Å². The van der Waals surface area contributed by atoms with E-state index >= 15 is 0 Å². The predicted molar refractivity (Wildman–Crippen MR) is 105 cm³/mol. The van der Waals surface area contributed by atoms with Crippen molar-refractivity contribution in [1.82, 2.24) is 25.3 Å². The summed E-state index contributed by atoms with van der Waals surface area (Å²) in [6.45, 7) is 2.31. The zero-order chi connectivity index (χ0) is 20.6. The number of nitrogens with one attached hydrogen (secondary N) is 2. The van der Waals surface area contributed by atoms with Crippen molar-refractivity contribution >= 4 is 40.0 Å². The molecule has 1 aromatic carbocycles. The van der Waals surface area contributed by atoms with Crippen LogP contribution in [0.25, 0.3) is 22.2 Å². The molecular formula is C18H19Cl2F2N5O. The van der Waals surface area contributed by atoms with Crippen LogP contribution in [0.2, 0.25) is 10.0 Å². The van der Waals surface area contributed by atoms with Crippen molar-refractivity contribution in [2.75, 3.05) is 6.54 Å². The number of carbonyl (C=O) groups is 1. The van der Waals surface area contributed by atoms with Gasteiger partial charge in [0.25, 0.3) is 0 Å². The molecule has 150 valence electrons. The number of hydrogen-bond donors (Lipinski definition) is 2. The quantitative estimate of drug-likeness (QED) is 0.609. The molecule has 3 heterocycles. The van der Waals surface area contributed by atoms with Crippen LogP contribution in [0.3, 0.4) is 0 Å². The molecule has 1 amide bonds. The maximum absolute atomic E-state index is 12.0. The van der Waals surface area contributed by atoms with Crippen LogP contribution in [0.15, 0.2) is 12.3 Å². The molecule has 0 saturated heterocycles. The summed E-state index contributed by atoms with van der Waals surface area (Å²) in [5.74, 6) is -2.50. The fourth-order valence-electron chi connectivity index (χ4n) is 3.06. The van der Waals surface area contributed by atoms with Gasteiger partial charge in [-0.05, 0) is 25.5 Å². The smallest absolute Gasteiger partial charge is 0.242 e. The molecule has 0 atom stereocenters. The molecular weight excluding hydrogens is 411 g/mol. The highest BCUT2D eigenvalue weighted by Crippen LogP contribution is 2.40. The van der Waals surface area contributed by atoms with E-state index in [2.05, 4.69) is 20.5 Å². The van der Waals surface area contributed by atoms with E-state index in [9.17, 15) is 13.6 Å². The number of rotatable bonds is 1. The van der Waals surface area contributed by atoms with Crippen molar-refractivity contribution in [3.63, 3.8) is 0 Å². The summed E-state index contributed by atoms with van der Waals surface area (Å²) in [7, 11) is 1.75. The van der Waals surface area contributed by atoms with Crippen LogP contribution in [-0.2, 0) is 24.7 Å². The average molecular weight is 430 g/mol. The first kappa shape index (κ1) is 20.5. The van der Waals surface area contributed by atoms with Crippen molar-refractivity contribution < 1.29 is 13.6 Å². The molecule has 0 spiro atoms. The number of carbonyl (C=O) groups excluding carboxylic acids is 1. The molecule has 10 heteroatoms. The number of aromatic nitrogens is 4. The van der Waals surface area contributed by atoms with Crippen LogP contribution in [0, 0.1) is 0 Å². The number of halogens is 4. The molecule has 0 saturated carbocycles. The van der Waals surface area contributed by atoms with E-state index in [1.165, 1.54) is 4.80 Å². The number of aromatic amines is 1. The van der Waals surface area contributed by atoms with Gasteiger partial charge in [0.1, 0.15) is 5.69 Å². The average Bonchev–Trinajstić information content (AvgIpc) is 3.09. The Kier molecular flexibility index (Phi) is 5.63. The van der Waals surface area contributed by atoms with Gasteiger partial charge in [0.2, 0.25) is 11.8 Å². The van der Waals surface area contributed by atoms with Crippen LogP contribution in [0.5, 0.6) is 0 Å². The SMILES string of the molecule is CC(C)(F)F.Cn1ncc(-c2cc(Cl)c(Cl)c3[nH]c4c(c23)CC(=O)NCC4)n1. The van der Waals surface area contributed by atoms with Gasteiger partial charge in [0.15, 0.2) is 0 Å². The lowest BCUT2D eigenvalue weighted by molar-refractivity contribution is -0.120. The molecule has 2 aromatic heterocycles. The molecule has 2 N–H and O–H groups in total. The number of hydrogen-bond acceptors (Lipinski definition) is 3. The van der Waals surface area contributed by atoms with E-state index in [0.717, 1.165) is 48.0 Å². The number of nitrogens with zero attached hydrogens (tertiary/aromatic N) is 3. The highest BCUT2D eigenvalue weighted by molar-refractivity contribution is 6.45. The maximum atomic E-state index is 12.0. The van der Waals surface area contributed by atoms with Gasteiger partial charge in [0, 0.05) is 36.7 Å². The Balaban J connectivity index is 0.000000403. The number of benzene rings is 1. The Morgan fingerprint density at radius 3 is 2.57 bits per heavy atom. The summed E-state index contributed by atoms with van der Waals surface area (Å²) in [5.41, 5.74) is 4.23. The lowest BCUT2D eigenvalue weighted by Crippen LogP contribution is -2.24. The number of amides is 1. The third-order valence-corrected chi connectivity index (χ3v) is 4.86. The lowest BCUT2D eigenvalue weighted by atomic mass is 10.00. The van der Waals surface area contributed by atoms with Crippen LogP contribution in [0.4, 0.5) is 8.78 Å². The summed E-state index contributed by atoms with van der Waals surface area (Å²) >= 11 is 12.7. The zero-order valence-electron chi connectivity index (χ0n) is 15.5. The van der Waals surface area contributed by atoms with E-state index in [1.807, 2.05) is 0 Å². The highest BCUT2D eigenvalue weighted by atomic mass is 35.5. The van der Waals surface area contributed by atoms with E-state index in [0.29, 0.717) is 28.7 Å². The largest absolute Gasteiger partial charge is 0.357 e. The number of H-pyrrole nitrogens is 1. The standard InChI is InChI=1S/C15H13Cl2N5O.C3H6F2/c1-22-19-6-11(21-22)7-4-9(16)14(17)15-13(7)8-5-12(23)18-3-2-10(8)20-15;1-3(2,4)5/h4,6,20H,2-3,5H2,1H3,(H,18,23);1-2H3. The first-order valence-electron chi connectivity index (χ1n) is 8.57. The van der Waals surface area contributed by atoms with Crippen molar-refractivity contribution in [2.24, 2.45) is 7.05 Å². The molecule has 28 heavy (non-hydrogen) atoms. The van der Waals surface area contributed by atoms with Gasteiger partial charge in [-0.25, -0.2) is 8.78 Å². The van der Waals surface area contributed by atoms with Crippen LogP contribution in [0.1, 0.15) is 25.1 Å². The van der Waals surface area contributed by atoms with Gasteiger partial charge in [-0.15, -0.1) is 0 Å². The van der Waals surface area contributed by atoms with Crippen molar-refractivity contribution in [1.29, 1.82) is 0 Å². The van der Waals surface area contributed by atoms with Crippen LogP contribution < -0.4 is 5.32 Å². The predicted octanol–water partition coefficient (Wildman–Crippen LogP) is 4.15. The Morgan fingerprint density at radius 2 is 1.96 bits per heavy atom. The molecule has 1 aliphatic rings. The summed E-state index contributed by atoms with van der Waals surface area (Å²) in [5, 5.41) is 13.2.